The number of benzene rings is 1. The van der Waals surface area contributed by atoms with Crippen LogP contribution >= 0.6 is 11.8 Å². The number of H-pyrrole nitrogens is 1. The molecule has 2 aliphatic heterocycles. The number of sulfonamides is 1. The monoisotopic (exact) mass is 497 g/mol. The first kappa shape index (κ1) is 24.0. The van der Waals surface area contributed by atoms with Crippen molar-refractivity contribution in [1.29, 1.82) is 0 Å². The maximum absolute atomic E-state index is 12.7. The molecule has 2 aromatic rings. The number of nitrogens with zero attached hydrogens (tertiary/aromatic N) is 3. The van der Waals surface area contributed by atoms with Crippen LogP contribution in [0.5, 0.6) is 0 Å². The van der Waals surface area contributed by atoms with Crippen LogP contribution in [0, 0.1) is 0 Å². The predicted molar refractivity (Wildman–Crippen MR) is 122 cm³/mol. The zero-order chi connectivity index (χ0) is 23.4. The molecule has 0 radical (unpaired) electrons. The summed E-state index contributed by atoms with van der Waals surface area (Å²) >= 11 is 1.17. The van der Waals surface area contributed by atoms with Crippen LogP contribution in [-0.2, 0) is 30.8 Å². The molecule has 180 valence electrons. The number of carbonyl (C=O) groups excluding carboxylic acids is 1. The lowest BCUT2D eigenvalue weighted by Crippen LogP contribution is -2.40. The Kier molecular flexibility index (Phi) is 7.54. The lowest BCUT2D eigenvalue weighted by atomic mass is 10.2. The molecule has 2 saturated heterocycles. The van der Waals surface area contributed by atoms with Crippen LogP contribution in [0.2, 0.25) is 0 Å². The Morgan fingerprint density at radius 3 is 2.67 bits per heavy atom. The summed E-state index contributed by atoms with van der Waals surface area (Å²) in [5, 5.41) is 9.14. The first-order valence-electron chi connectivity index (χ1n) is 10.8. The van der Waals surface area contributed by atoms with Gasteiger partial charge in [-0.2, -0.15) is 4.31 Å². The van der Waals surface area contributed by atoms with Crippen molar-refractivity contribution in [3.63, 3.8) is 0 Å². The van der Waals surface area contributed by atoms with Gasteiger partial charge in [-0.15, -0.1) is 5.10 Å². The van der Waals surface area contributed by atoms with Crippen molar-refractivity contribution >= 4 is 33.4 Å². The largest absolute Gasteiger partial charge is 0.379 e. The Bertz CT molecular complexity index is 1120. The van der Waals surface area contributed by atoms with Crippen molar-refractivity contribution in [2.24, 2.45) is 0 Å². The van der Waals surface area contributed by atoms with Gasteiger partial charge in [-0.25, -0.2) is 18.3 Å². The van der Waals surface area contributed by atoms with Crippen LogP contribution in [0.25, 0.3) is 0 Å². The highest BCUT2D eigenvalue weighted by molar-refractivity contribution is 8.00. The van der Waals surface area contributed by atoms with Crippen LogP contribution in [0.4, 0.5) is 5.69 Å². The summed E-state index contributed by atoms with van der Waals surface area (Å²) in [5.74, 6) is -0.289. The molecule has 3 heterocycles. The number of morpholine rings is 1. The fourth-order valence-electron chi connectivity index (χ4n) is 3.65. The lowest BCUT2D eigenvalue weighted by Gasteiger charge is -2.26. The summed E-state index contributed by atoms with van der Waals surface area (Å²) in [6, 6.07) is 6.07. The normalized spacial score (nSPS) is 20.6. The van der Waals surface area contributed by atoms with Crippen LogP contribution in [-0.4, -0.2) is 77.7 Å². The number of rotatable bonds is 8. The Hall–Kier alpha value is -2.19. The second-order valence-corrected chi connectivity index (χ2v) is 11.1. The minimum atomic E-state index is -3.59. The van der Waals surface area contributed by atoms with Gasteiger partial charge in [0.15, 0.2) is 5.16 Å². The van der Waals surface area contributed by atoms with Gasteiger partial charge in [-0.1, -0.05) is 11.8 Å². The number of aromatic nitrogens is 3. The maximum Gasteiger partial charge on any atom is 0.344 e. The van der Waals surface area contributed by atoms with Gasteiger partial charge in [0.1, 0.15) is 0 Å². The van der Waals surface area contributed by atoms with E-state index in [0.717, 1.165) is 12.8 Å². The molecular formula is C20H27N5O6S2. The Labute approximate surface area is 195 Å². The molecule has 2 unspecified atom stereocenters. The summed E-state index contributed by atoms with van der Waals surface area (Å²) in [7, 11) is -3.59. The van der Waals surface area contributed by atoms with E-state index >= 15 is 0 Å². The summed E-state index contributed by atoms with van der Waals surface area (Å²) in [6.45, 7) is 4.19. The molecule has 11 nitrogen and oxygen atoms in total. The highest BCUT2D eigenvalue weighted by atomic mass is 32.2. The van der Waals surface area contributed by atoms with E-state index in [1.54, 1.807) is 19.1 Å². The number of hydrogen-bond acceptors (Lipinski definition) is 8. The van der Waals surface area contributed by atoms with E-state index in [1.807, 2.05) is 0 Å². The van der Waals surface area contributed by atoms with E-state index in [-0.39, 0.29) is 22.6 Å². The number of anilines is 1. The Balaban J connectivity index is 1.37. The number of nitrogens with one attached hydrogen (secondary N) is 2. The quantitative estimate of drug-likeness (QED) is 0.514. The fourth-order valence-corrected chi connectivity index (χ4v) is 5.92. The first-order valence-corrected chi connectivity index (χ1v) is 13.1. The minimum absolute atomic E-state index is 0.0314. The van der Waals surface area contributed by atoms with Gasteiger partial charge in [0.2, 0.25) is 15.9 Å². The van der Waals surface area contributed by atoms with Crippen molar-refractivity contribution in [3.8, 4) is 0 Å². The summed E-state index contributed by atoms with van der Waals surface area (Å²) in [6.07, 6.45) is 1.82. The van der Waals surface area contributed by atoms with Gasteiger partial charge in [-0.05, 0) is 44.0 Å². The second-order valence-electron chi connectivity index (χ2n) is 7.85. The minimum Gasteiger partial charge on any atom is -0.379 e. The van der Waals surface area contributed by atoms with Crippen LogP contribution in [0.15, 0.2) is 39.1 Å². The molecule has 33 heavy (non-hydrogen) atoms. The topological polar surface area (TPSA) is 136 Å². The van der Waals surface area contributed by atoms with Gasteiger partial charge in [0.05, 0.1) is 36.0 Å². The first-order chi connectivity index (χ1) is 15.8. The van der Waals surface area contributed by atoms with Gasteiger partial charge in [-0.3, -0.25) is 9.36 Å². The van der Waals surface area contributed by atoms with E-state index in [9.17, 15) is 18.0 Å². The Morgan fingerprint density at radius 2 is 2.00 bits per heavy atom. The molecule has 4 rings (SSSR count). The molecular weight excluding hydrogens is 470 g/mol. The fraction of sp³-hybridized carbons (Fsp3) is 0.550. The van der Waals surface area contributed by atoms with Crippen molar-refractivity contribution in [1.82, 2.24) is 19.1 Å². The molecule has 2 N–H and O–H groups in total. The third-order valence-electron chi connectivity index (χ3n) is 5.51. The molecule has 1 aromatic carbocycles. The molecule has 2 aliphatic rings. The zero-order valence-electron chi connectivity index (χ0n) is 18.2. The van der Waals surface area contributed by atoms with Gasteiger partial charge in [0.25, 0.3) is 0 Å². The summed E-state index contributed by atoms with van der Waals surface area (Å²) in [5.41, 5.74) is 0.143. The third-order valence-corrected chi connectivity index (χ3v) is 8.52. The van der Waals surface area contributed by atoms with Crippen LogP contribution in [0.1, 0.15) is 19.8 Å². The van der Waals surface area contributed by atoms with E-state index < -0.39 is 15.3 Å². The van der Waals surface area contributed by atoms with Crippen molar-refractivity contribution in [3.05, 3.63) is 34.7 Å². The molecule has 0 bridgehead atoms. The SMILES string of the molecule is CC(Sc1n[nH]c(=O)n1CC1CCCO1)C(=O)Nc1ccc(S(=O)(=O)N2CCOCC2)cc1. The second kappa shape index (κ2) is 10.4. The van der Waals surface area contributed by atoms with E-state index in [1.165, 1.54) is 32.8 Å². The molecule has 2 fully saturated rings. The molecule has 13 heteroatoms. The number of thioether (sulfide) groups is 1. The highest BCUT2D eigenvalue weighted by Crippen LogP contribution is 2.24. The number of aromatic amines is 1. The van der Waals surface area contributed by atoms with Crippen LogP contribution in [0.3, 0.4) is 0 Å². The Morgan fingerprint density at radius 1 is 1.27 bits per heavy atom. The molecule has 0 spiro atoms. The van der Waals surface area contributed by atoms with E-state index in [4.69, 9.17) is 9.47 Å². The third kappa shape index (κ3) is 5.66. The molecule has 1 amide bonds. The average molecular weight is 498 g/mol. The van der Waals surface area contributed by atoms with E-state index in [0.29, 0.717) is 50.3 Å². The van der Waals surface area contributed by atoms with Crippen molar-refractivity contribution < 1.29 is 22.7 Å². The number of hydrogen-bond donors (Lipinski definition) is 2. The predicted octanol–water partition coefficient (Wildman–Crippen LogP) is 0.891. The van der Waals surface area contributed by atoms with Crippen molar-refractivity contribution in [2.75, 3.05) is 38.2 Å². The van der Waals surface area contributed by atoms with Gasteiger partial charge in [0, 0.05) is 25.4 Å². The van der Waals surface area contributed by atoms with Gasteiger partial charge >= 0.3 is 5.69 Å². The number of carbonyl (C=O) groups is 1. The molecule has 0 aliphatic carbocycles. The van der Waals surface area contributed by atoms with Gasteiger partial charge < -0.3 is 14.8 Å². The number of ether oxygens (including phenoxy) is 2. The number of amides is 1. The molecule has 0 saturated carbocycles. The smallest absolute Gasteiger partial charge is 0.344 e. The zero-order valence-corrected chi connectivity index (χ0v) is 19.9. The molecule has 1 aromatic heterocycles. The van der Waals surface area contributed by atoms with E-state index in [2.05, 4.69) is 15.5 Å². The lowest BCUT2D eigenvalue weighted by molar-refractivity contribution is -0.115. The summed E-state index contributed by atoms with van der Waals surface area (Å²) < 4.78 is 39.1. The summed E-state index contributed by atoms with van der Waals surface area (Å²) in [4.78, 5) is 25.0. The average Bonchev–Trinajstić information content (AvgIpc) is 3.46. The maximum atomic E-state index is 12.7. The highest BCUT2D eigenvalue weighted by Gasteiger charge is 2.27. The molecule has 2 atom stereocenters. The van der Waals surface area contributed by atoms with Crippen molar-refractivity contribution in [2.45, 2.75) is 47.7 Å². The van der Waals surface area contributed by atoms with Crippen LogP contribution < -0.4 is 11.0 Å². The standard InChI is InChI=1S/C20H27N5O6S2/c1-14(32-20-23-22-19(27)25(20)13-16-3-2-10-31-16)18(26)21-15-4-6-17(7-5-15)33(28,29)24-8-11-30-12-9-24/h4-7,14,16H,2-3,8-13H2,1H3,(H,21,26)(H,22,27).